The predicted octanol–water partition coefficient (Wildman–Crippen LogP) is 9.51. The third kappa shape index (κ3) is 3.83. The molecule has 4 aliphatic rings. The normalized spacial score (nSPS) is 19.1. The van der Waals surface area contributed by atoms with E-state index in [2.05, 4.69) is 85.0 Å². The van der Waals surface area contributed by atoms with E-state index in [1.165, 1.54) is 33.4 Å². The van der Waals surface area contributed by atoms with Gasteiger partial charge in [0, 0.05) is 27.8 Å². The molecule has 2 N–H and O–H groups in total. The number of hydrogen-bond donors (Lipinski definition) is 2. The van der Waals surface area contributed by atoms with E-state index in [4.69, 9.17) is 20.3 Å². The highest BCUT2D eigenvalue weighted by Crippen LogP contribution is 2.63. The highest BCUT2D eigenvalue weighted by atomic mass is 16.5. The Morgan fingerprint density at radius 1 is 0.698 bits per heavy atom. The van der Waals surface area contributed by atoms with Crippen molar-refractivity contribution in [1.29, 1.82) is 10.8 Å². The maximum atomic E-state index is 8.51. The van der Waals surface area contributed by atoms with Crippen LogP contribution in [0, 0.1) is 10.8 Å². The second-order valence-electron chi connectivity index (χ2n) is 11.4. The summed E-state index contributed by atoms with van der Waals surface area (Å²) in [4.78, 5) is 0. The van der Waals surface area contributed by atoms with Crippen LogP contribution in [0.5, 0.6) is 11.5 Å². The molecule has 4 nitrogen and oxygen atoms in total. The minimum Gasteiger partial charge on any atom is -0.456 e. The minimum atomic E-state index is -0.421. The van der Waals surface area contributed by atoms with Gasteiger partial charge in [0.15, 0.2) is 0 Å². The zero-order valence-electron chi connectivity index (χ0n) is 23.7. The van der Waals surface area contributed by atoms with Crippen LogP contribution in [0.25, 0.3) is 16.7 Å². The SMILES string of the molecule is N=C(OC(=N)c1ccc(-c2cccc3c2Oc2ccccc2C32C3=C(C=CCC3)c3ccccc32)cc1)C1=CC=CCC1. The fraction of sp³-hybridized carbons (Fsp3) is 0.128. The Bertz CT molecular complexity index is 1960. The van der Waals surface area contributed by atoms with Crippen molar-refractivity contribution >= 4 is 17.4 Å². The standard InChI is InChI=1S/C39H30N2O2/c40-37(26-11-2-1-3-12-26)43-38(41)27-23-21-25(22-24-27)28-15-10-19-34-36(28)42-35-20-9-8-18-33(35)39(34)31-16-6-4-13-29(31)30-14-5-7-17-32(30)39/h1-2,4-6,8-11,13-16,18-24,40-41H,3,7,12,17H2. The molecule has 0 saturated carbocycles. The first kappa shape index (κ1) is 25.5. The Balaban J connectivity index is 1.23. The molecule has 0 bridgehead atoms. The van der Waals surface area contributed by atoms with Gasteiger partial charge in [-0.05, 0) is 71.7 Å². The summed E-state index contributed by atoms with van der Waals surface area (Å²) in [5.41, 5.74) is 10.8. The second-order valence-corrected chi connectivity index (χ2v) is 11.4. The number of allylic oxidation sites excluding steroid dienone is 7. The Hall–Kier alpha value is -5.22. The van der Waals surface area contributed by atoms with E-state index in [-0.39, 0.29) is 11.8 Å². The fourth-order valence-corrected chi connectivity index (χ4v) is 7.24. The van der Waals surface area contributed by atoms with Gasteiger partial charge in [-0.25, -0.2) is 0 Å². The Labute approximate surface area is 251 Å². The van der Waals surface area contributed by atoms with Crippen LogP contribution in [0.4, 0.5) is 0 Å². The summed E-state index contributed by atoms with van der Waals surface area (Å²) >= 11 is 0. The van der Waals surface area contributed by atoms with Crippen molar-refractivity contribution in [1.82, 2.24) is 0 Å². The van der Waals surface area contributed by atoms with Crippen LogP contribution in [0.1, 0.15) is 53.5 Å². The summed E-state index contributed by atoms with van der Waals surface area (Å²) in [6.07, 6.45) is 14.2. The van der Waals surface area contributed by atoms with Crippen LogP contribution in [0.3, 0.4) is 0 Å². The molecule has 0 aromatic heterocycles. The molecule has 8 rings (SSSR count). The van der Waals surface area contributed by atoms with Crippen LogP contribution in [-0.4, -0.2) is 11.8 Å². The molecule has 4 aromatic rings. The van der Waals surface area contributed by atoms with Crippen molar-refractivity contribution in [2.75, 3.05) is 0 Å². The van der Waals surface area contributed by atoms with E-state index in [0.717, 1.165) is 53.9 Å². The summed E-state index contributed by atoms with van der Waals surface area (Å²) < 4.78 is 12.4. The lowest BCUT2D eigenvalue weighted by Gasteiger charge is -2.41. The van der Waals surface area contributed by atoms with E-state index < -0.39 is 5.41 Å². The third-order valence-electron chi connectivity index (χ3n) is 9.13. The van der Waals surface area contributed by atoms with Crippen molar-refractivity contribution in [3.63, 3.8) is 0 Å². The molecule has 4 aromatic carbocycles. The molecule has 0 radical (unpaired) electrons. The lowest BCUT2D eigenvalue weighted by molar-refractivity contribution is 0.433. The maximum absolute atomic E-state index is 8.51. The number of nitrogens with one attached hydrogen (secondary N) is 2. The first-order chi connectivity index (χ1) is 21.2. The van der Waals surface area contributed by atoms with Crippen LogP contribution in [0.15, 0.2) is 133 Å². The van der Waals surface area contributed by atoms with Gasteiger partial charge in [-0.1, -0.05) is 103 Å². The third-order valence-corrected chi connectivity index (χ3v) is 9.13. The van der Waals surface area contributed by atoms with Gasteiger partial charge in [0.2, 0.25) is 11.8 Å². The number of rotatable bonds is 3. The molecule has 208 valence electrons. The Morgan fingerprint density at radius 2 is 1.44 bits per heavy atom. The van der Waals surface area contributed by atoms with Gasteiger partial charge in [-0.15, -0.1) is 0 Å². The molecular weight excluding hydrogens is 528 g/mol. The first-order valence-corrected chi connectivity index (χ1v) is 14.9. The molecule has 1 aliphatic heterocycles. The number of hydrogen-bond acceptors (Lipinski definition) is 4. The molecule has 4 heteroatoms. The topological polar surface area (TPSA) is 66.2 Å². The Morgan fingerprint density at radius 3 is 2.28 bits per heavy atom. The van der Waals surface area contributed by atoms with Crippen LogP contribution in [-0.2, 0) is 10.2 Å². The lowest BCUT2D eigenvalue weighted by Crippen LogP contribution is -2.33. The number of fused-ring (bicyclic) bond motifs is 8. The van der Waals surface area contributed by atoms with Crippen molar-refractivity contribution < 1.29 is 9.47 Å². The molecule has 3 aliphatic carbocycles. The van der Waals surface area contributed by atoms with Crippen LogP contribution < -0.4 is 4.74 Å². The van der Waals surface area contributed by atoms with Crippen molar-refractivity contribution in [2.45, 2.75) is 31.1 Å². The fourth-order valence-electron chi connectivity index (χ4n) is 7.24. The predicted molar refractivity (Wildman–Crippen MR) is 172 cm³/mol. The summed E-state index contributed by atoms with van der Waals surface area (Å²) in [5.74, 6) is 1.77. The zero-order valence-corrected chi connectivity index (χ0v) is 23.7. The van der Waals surface area contributed by atoms with E-state index in [0.29, 0.717) is 5.56 Å². The molecule has 1 unspecified atom stereocenters. The second kappa shape index (κ2) is 9.95. The van der Waals surface area contributed by atoms with Gasteiger partial charge in [0.05, 0.1) is 5.41 Å². The van der Waals surface area contributed by atoms with Gasteiger partial charge >= 0.3 is 0 Å². The van der Waals surface area contributed by atoms with E-state index in [1.807, 2.05) is 36.4 Å². The zero-order chi connectivity index (χ0) is 29.0. The van der Waals surface area contributed by atoms with E-state index in [9.17, 15) is 0 Å². The number of benzene rings is 4. The molecule has 0 amide bonds. The maximum Gasteiger partial charge on any atom is 0.221 e. The monoisotopic (exact) mass is 558 g/mol. The number of para-hydroxylation sites is 2. The van der Waals surface area contributed by atoms with Gasteiger partial charge in [-0.2, -0.15) is 0 Å². The highest BCUT2D eigenvalue weighted by molar-refractivity contribution is 6.05. The quantitative estimate of drug-likeness (QED) is 0.194. The number of ether oxygens (including phenoxy) is 2. The van der Waals surface area contributed by atoms with Crippen molar-refractivity contribution in [3.05, 3.63) is 160 Å². The van der Waals surface area contributed by atoms with Gasteiger partial charge in [0.25, 0.3) is 0 Å². The Kier molecular flexibility index (Phi) is 5.90. The van der Waals surface area contributed by atoms with Crippen molar-refractivity contribution in [2.24, 2.45) is 0 Å². The summed E-state index contributed by atoms with van der Waals surface area (Å²) in [7, 11) is 0. The molecule has 1 atom stereocenters. The average Bonchev–Trinajstić information content (AvgIpc) is 3.36. The molecule has 0 fully saturated rings. The van der Waals surface area contributed by atoms with Gasteiger partial charge in [0.1, 0.15) is 11.5 Å². The van der Waals surface area contributed by atoms with E-state index in [1.54, 1.807) is 0 Å². The molecule has 0 saturated heterocycles. The summed E-state index contributed by atoms with van der Waals surface area (Å²) in [6, 6.07) is 31.6. The summed E-state index contributed by atoms with van der Waals surface area (Å²) in [5, 5.41) is 16.8. The average molecular weight is 559 g/mol. The van der Waals surface area contributed by atoms with Crippen LogP contribution >= 0.6 is 0 Å². The smallest absolute Gasteiger partial charge is 0.221 e. The highest BCUT2D eigenvalue weighted by Gasteiger charge is 2.52. The lowest BCUT2D eigenvalue weighted by atomic mass is 9.63. The van der Waals surface area contributed by atoms with Gasteiger partial charge in [-0.3, -0.25) is 10.8 Å². The van der Waals surface area contributed by atoms with Crippen molar-refractivity contribution in [3.8, 4) is 22.6 Å². The summed E-state index contributed by atoms with van der Waals surface area (Å²) in [6.45, 7) is 0. The molecule has 1 heterocycles. The largest absolute Gasteiger partial charge is 0.456 e. The van der Waals surface area contributed by atoms with Crippen LogP contribution in [0.2, 0.25) is 0 Å². The molecular formula is C39H30N2O2. The molecule has 43 heavy (non-hydrogen) atoms. The molecule has 1 spiro atoms. The first-order valence-electron chi connectivity index (χ1n) is 14.9. The minimum absolute atomic E-state index is 0.0291. The van der Waals surface area contributed by atoms with Gasteiger partial charge < -0.3 is 9.47 Å². The van der Waals surface area contributed by atoms with E-state index >= 15 is 0 Å².